The number of anilines is 2. The van der Waals surface area contributed by atoms with Crippen molar-refractivity contribution in [1.29, 1.82) is 0 Å². The molecule has 1 aliphatic heterocycles. The van der Waals surface area contributed by atoms with Crippen LogP contribution in [-0.4, -0.2) is 63.6 Å². The molecule has 11 nitrogen and oxygen atoms in total. The molecule has 0 spiro atoms. The molecule has 0 saturated carbocycles. The van der Waals surface area contributed by atoms with Gasteiger partial charge in [-0.2, -0.15) is 0 Å². The van der Waals surface area contributed by atoms with E-state index in [2.05, 4.69) is 42.2 Å². The standard InChI is InChI=1S/C27H27N7O4/c1-38-21-9-7-20(8-10-21)34-26(36)22(16-28-27(34)37)25(35)31-23-15-24(30-18-29-23)33-13-11-32(12-14-33)17-19-5-3-2-4-6-19/h2-10,15-16,18H,11-14,17H2,1H3,(H,28,37)(H,29,30,31,35). The Balaban J connectivity index is 1.28. The van der Waals surface area contributed by atoms with E-state index >= 15 is 0 Å². The first kappa shape index (κ1) is 24.9. The van der Waals surface area contributed by atoms with Crippen molar-refractivity contribution in [2.24, 2.45) is 0 Å². The van der Waals surface area contributed by atoms with Gasteiger partial charge < -0.3 is 19.9 Å². The van der Waals surface area contributed by atoms with Gasteiger partial charge in [-0.05, 0) is 29.8 Å². The highest BCUT2D eigenvalue weighted by atomic mass is 16.5. The smallest absolute Gasteiger partial charge is 0.333 e. The molecule has 1 fully saturated rings. The molecular formula is C27H27N7O4. The van der Waals surface area contributed by atoms with Crippen LogP contribution in [0.3, 0.4) is 0 Å². The minimum atomic E-state index is -0.750. The lowest BCUT2D eigenvalue weighted by Crippen LogP contribution is -2.46. The van der Waals surface area contributed by atoms with Crippen LogP contribution in [0.15, 0.2) is 82.8 Å². The first-order valence-electron chi connectivity index (χ1n) is 12.2. The summed E-state index contributed by atoms with van der Waals surface area (Å²) in [7, 11) is 1.52. The number of hydrogen-bond donors (Lipinski definition) is 2. The fourth-order valence-corrected chi connectivity index (χ4v) is 4.35. The van der Waals surface area contributed by atoms with Crippen molar-refractivity contribution in [3.05, 3.63) is 105 Å². The summed E-state index contributed by atoms with van der Waals surface area (Å²) in [6, 6.07) is 18.4. The Labute approximate surface area is 218 Å². The predicted octanol–water partition coefficient (Wildman–Crippen LogP) is 1.90. The second kappa shape index (κ2) is 11.1. The van der Waals surface area contributed by atoms with Crippen molar-refractivity contribution >= 4 is 17.5 Å². The molecule has 2 N–H and O–H groups in total. The summed E-state index contributed by atoms with van der Waals surface area (Å²) in [5.41, 5.74) is -0.0495. The molecule has 3 heterocycles. The molecule has 2 aromatic heterocycles. The molecule has 2 aromatic carbocycles. The van der Waals surface area contributed by atoms with E-state index in [9.17, 15) is 14.4 Å². The first-order chi connectivity index (χ1) is 18.5. The number of ether oxygens (including phenoxy) is 1. The molecule has 11 heteroatoms. The Hall–Kier alpha value is -4.77. The van der Waals surface area contributed by atoms with Crippen molar-refractivity contribution in [1.82, 2.24) is 24.4 Å². The minimum absolute atomic E-state index is 0.227. The van der Waals surface area contributed by atoms with E-state index in [1.165, 1.54) is 19.0 Å². The van der Waals surface area contributed by atoms with Crippen LogP contribution in [-0.2, 0) is 6.54 Å². The number of piperazine rings is 1. The average molecular weight is 514 g/mol. The number of rotatable bonds is 7. The zero-order chi connectivity index (χ0) is 26.5. The third-order valence-corrected chi connectivity index (χ3v) is 6.39. The van der Waals surface area contributed by atoms with Gasteiger partial charge in [0.15, 0.2) is 0 Å². The van der Waals surface area contributed by atoms with Crippen LogP contribution < -0.4 is 26.2 Å². The van der Waals surface area contributed by atoms with Gasteiger partial charge in [0.25, 0.3) is 11.5 Å². The van der Waals surface area contributed by atoms with Crippen LogP contribution in [0.4, 0.5) is 11.6 Å². The monoisotopic (exact) mass is 513 g/mol. The van der Waals surface area contributed by atoms with Crippen LogP contribution >= 0.6 is 0 Å². The van der Waals surface area contributed by atoms with Crippen molar-refractivity contribution in [2.45, 2.75) is 6.54 Å². The number of amides is 1. The molecule has 0 bridgehead atoms. The highest BCUT2D eigenvalue weighted by Crippen LogP contribution is 2.18. The van der Waals surface area contributed by atoms with Gasteiger partial charge in [-0.25, -0.2) is 19.3 Å². The second-order valence-corrected chi connectivity index (χ2v) is 8.81. The van der Waals surface area contributed by atoms with Gasteiger partial charge >= 0.3 is 5.69 Å². The molecule has 1 aliphatic rings. The van der Waals surface area contributed by atoms with E-state index in [1.54, 1.807) is 30.3 Å². The van der Waals surface area contributed by atoms with E-state index < -0.39 is 17.2 Å². The van der Waals surface area contributed by atoms with Crippen molar-refractivity contribution < 1.29 is 9.53 Å². The summed E-state index contributed by atoms with van der Waals surface area (Å²) in [5, 5.41) is 2.65. The molecule has 194 valence electrons. The molecule has 0 atom stereocenters. The van der Waals surface area contributed by atoms with Crippen LogP contribution in [0.1, 0.15) is 15.9 Å². The van der Waals surface area contributed by atoms with Crippen LogP contribution in [0.25, 0.3) is 5.69 Å². The lowest BCUT2D eigenvalue weighted by atomic mass is 10.2. The number of aromatic amines is 1. The average Bonchev–Trinajstić information content (AvgIpc) is 2.94. The number of benzene rings is 2. The summed E-state index contributed by atoms with van der Waals surface area (Å²) in [4.78, 5) is 53.9. The number of carbonyl (C=O) groups is 1. The van der Waals surface area contributed by atoms with E-state index in [-0.39, 0.29) is 11.4 Å². The second-order valence-electron chi connectivity index (χ2n) is 8.81. The van der Waals surface area contributed by atoms with Crippen LogP contribution in [0, 0.1) is 0 Å². The van der Waals surface area contributed by atoms with Crippen LogP contribution in [0.2, 0.25) is 0 Å². The Morgan fingerprint density at radius 1 is 1.00 bits per heavy atom. The maximum Gasteiger partial charge on any atom is 0.333 e. The fourth-order valence-electron chi connectivity index (χ4n) is 4.35. The van der Waals surface area contributed by atoms with E-state index in [0.717, 1.165) is 43.5 Å². The summed E-state index contributed by atoms with van der Waals surface area (Å²) >= 11 is 0. The molecule has 1 amide bonds. The Morgan fingerprint density at radius 3 is 2.45 bits per heavy atom. The zero-order valence-electron chi connectivity index (χ0n) is 20.8. The van der Waals surface area contributed by atoms with Crippen LogP contribution in [0.5, 0.6) is 5.75 Å². The summed E-state index contributed by atoms with van der Waals surface area (Å²) in [6.07, 6.45) is 2.48. The Bertz CT molecular complexity index is 1530. The number of hydrogen-bond acceptors (Lipinski definition) is 8. The molecule has 0 radical (unpaired) electrons. The number of nitrogens with zero attached hydrogens (tertiary/aromatic N) is 5. The SMILES string of the molecule is COc1ccc(-n2c(=O)[nH]cc(C(=O)Nc3cc(N4CCN(Cc5ccccc5)CC4)ncn3)c2=O)cc1. The topological polar surface area (TPSA) is 125 Å². The van der Waals surface area contributed by atoms with Gasteiger partial charge in [-0.1, -0.05) is 30.3 Å². The summed E-state index contributed by atoms with van der Waals surface area (Å²) < 4.78 is 6.02. The predicted molar refractivity (Wildman–Crippen MR) is 143 cm³/mol. The quantitative estimate of drug-likeness (QED) is 0.384. The molecule has 0 unspecified atom stereocenters. The maximum atomic E-state index is 13.1. The highest BCUT2D eigenvalue weighted by molar-refractivity contribution is 6.03. The lowest BCUT2D eigenvalue weighted by Gasteiger charge is -2.35. The summed E-state index contributed by atoms with van der Waals surface area (Å²) in [6.45, 7) is 4.21. The van der Waals surface area contributed by atoms with E-state index in [4.69, 9.17) is 4.74 Å². The van der Waals surface area contributed by atoms with Gasteiger partial charge in [-0.15, -0.1) is 0 Å². The number of carbonyl (C=O) groups excluding carboxylic acids is 1. The molecule has 1 saturated heterocycles. The number of H-pyrrole nitrogens is 1. The normalized spacial score (nSPS) is 13.8. The van der Waals surface area contributed by atoms with Crippen molar-refractivity contribution in [3.63, 3.8) is 0 Å². The van der Waals surface area contributed by atoms with E-state index in [1.807, 2.05) is 18.2 Å². The zero-order valence-corrected chi connectivity index (χ0v) is 20.8. The third kappa shape index (κ3) is 5.47. The lowest BCUT2D eigenvalue weighted by molar-refractivity contribution is 0.102. The number of methoxy groups -OCH3 is 1. The third-order valence-electron chi connectivity index (χ3n) is 6.39. The first-order valence-corrected chi connectivity index (χ1v) is 12.2. The van der Waals surface area contributed by atoms with Crippen molar-refractivity contribution in [2.75, 3.05) is 43.5 Å². The largest absolute Gasteiger partial charge is 0.497 e. The van der Waals surface area contributed by atoms with Crippen molar-refractivity contribution in [3.8, 4) is 11.4 Å². The molecule has 38 heavy (non-hydrogen) atoms. The molecule has 5 rings (SSSR count). The van der Waals surface area contributed by atoms with E-state index in [0.29, 0.717) is 17.3 Å². The maximum absolute atomic E-state index is 13.1. The van der Waals surface area contributed by atoms with Gasteiger partial charge in [0.2, 0.25) is 0 Å². The number of nitrogens with one attached hydrogen (secondary N) is 2. The minimum Gasteiger partial charge on any atom is -0.497 e. The molecule has 0 aliphatic carbocycles. The summed E-state index contributed by atoms with van der Waals surface area (Å²) in [5.74, 6) is 0.829. The highest BCUT2D eigenvalue weighted by Gasteiger charge is 2.20. The Morgan fingerprint density at radius 2 is 1.74 bits per heavy atom. The van der Waals surface area contributed by atoms with Gasteiger partial charge in [0.1, 0.15) is 29.3 Å². The van der Waals surface area contributed by atoms with Gasteiger partial charge in [-0.3, -0.25) is 14.5 Å². The Kier molecular flexibility index (Phi) is 7.27. The number of aromatic nitrogens is 4. The fraction of sp³-hybridized carbons (Fsp3) is 0.222. The van der Waals surface area contributed by atoms with Gasteiger partial charge in [0.05, 0.1) is 12.8 Å². The van der Waals surface area contributed by atoms with Gasteiger partial charge in [0, 0.05) is 45.0 Å². The molecular weight excluding hydrogens is 486 g/mol. The molecule has 4 aromatic rings.